The van der Waals surface area contributed by atoms with E-state index >= 15 is 0 Å². The average molecular weight is 264 g/mol. The normalized spacial score (nSPS) is 15.1. The number of azo groups is 1. The smallest absolute Gasteiger partial charge is 0.283 e. The molecule has 1 aromatic heterocycles. The van der Waals surface area contributed by atoms with Gasteiger partial charge in [0.15, 0.2) is 5.16 Å². The number of thioether (sulfide) groups is 1. The van der Waals surface area contributed by atoms with E-state index in [4.69, 9.17) is 0 Å². The number of aromatic hydroxyl groups is 1. The molecule has 0 unspecified atom stereocenters. The predicted octanol–water partition coefficient (Wildman–Crippen LogP) is 2.51. The van der Waals surface area contributed by atoms with Crippen molar-refractivity contribution in [1.82, 2.24) is 9.97 Å². The highest BCUT2D eigenvalue weighted by Crippen LogP contribution is 2.22. The molecule has 94 valence electrons. The van der Waals surface area contributed by atoms with Crippen LogP contribution in [0.3, 0.4) is 0 Å². The molecule has 1 heterocycles. The summed E-state index contributed by atoms with van der Waals surface area (Å²) < 4.78 is 0. The first-order valence-corrected chi connectivity index (χ1v) is 6.59. The van der Waals surface area contributed by atoms with Crippen LogP contribution in [0.4, 0.5) is 5.69 Å². The predicted molar refractivity (Wildman–Crippen MR) is 69.3 cm³/mol. The molecule has 1 aliphatic carbocycles. The van der Waals surface area contributed by atoms with Crippen molar-refractivity contribution in [3.8, 4) is 5.88 Å². The molecule has 0 radical (unpaired) electrons. The molecule has 7 heteroatoms. The van der Waals surface area contributed by atoms with Crippen molar-refractivity contribution in [2.45, 2.75) is 18.0 Å². The number of aromatic amines is 1. The fourth-order valence-electron chi connectivity index (χ4n) is 1.40. The van der Waals surface area contributed by atoms with Gasteiger partial charge >= 0.3 is 0 Å². The number of allylic oxidation sites excluding steroid dienone is 3. The van der Waals surface area contributed by atoms with Gasteiger partial charge in [-0.15, -0.1) is 5.11 Å². The van der Waals surface area contributed by atoms with E-state index in [1.807, 2.05) is 18.2 Å². The molecule has 0 aromatic carbocycles. The molecule has 0 aliphatic heterocycles. The number of nitrogens with zero attached hydrogens (tertiary/aromatic N) is 3. The van der Waals surface area contributed by atoms with E-state index in [9.17, 15) is 9.90 Å². The molecular formula is C11H12N4O2S. The second-order valence-corrected chi connectivity index (χ2v) is 4.35. The van der Waals surface area contributed by atoms with Crippen LogP contribution in [0.2, 0.25) is 0 Å². The summed E-state index contributed by atoms with van der Waals surface area (Å²) in [5.74, 6) is -0.410. The Morgan fingerprint density at radius 1 is 1.44 bits per heavy atom. The number of nitrogens with one attached hydrogen (secondary N) is 1. The summed E-state index contributed by atoms with van der Waals surface area (Å²) in [6.07, 6.45) is 9.34. The summed E-state index contributed by atoms with van der Waals surface area (Å²) in [6, 6.07) is 0. The third kappa shape index (κ3) is 2.86. The zero-order chi connectivity index (χ0) is 13.0. The lowest BCUT2D eigenvalue weighted by atomic mass is 10.2. The molecule has 0 bridgehead atoms. The van der Waals surface area contributed by atoms with Crippen molar-refractivity contribution >= 4 is 17.4 Å². The van der Waals surface area contributed by atoms with Crippen LogP contribution in [0.1, 0.15) is 12.8 Å². The number of rotatable bonds is 3. The van der Waals surface area contributed by atoms with Gasteiger partial charge in [-0.3, -0.25) is 9.78 Å². The Labute approximate surface area is 108 Å². The monoisotopic (exact) mass is 264 g/mol. The molecule has 0 fully saturated rings. The molecule has 18 heavy (non-hydrogen) atoms. The van der Waals surface area contributed by atoms with Crippen molar-refractivity contribution < 1.29 is 5.11 Å². The number of H-pyrrole nitrogens is 1. The van der Waals surface area contributed by atoms with E-state index in [0.717, 1.165) is 12.8 Å². The first-order valence-electron chi connectivity index (χ1n) is 5.36. The van der Waals surface area contributed by atoms with Crippen molar-refractivity contribution in [3.05, 3.63) is 34.3 Å². The quantitative estimate of drug-likeness (QED) is 0.498. The summed E-state index contributed by atoms with van der Waals surface area (Å²) >= 11 is 1.23. The Kier molecular flexibility index (Phi) is 3.93. The van der Waals surface area contributed by atoms with Gasteiger partial charge in [0.25, 0.3) is 5.56 Å². The van der Waals surface area contributed by atoms with Crippen LogP contribution >= 0.6 is 11.8 Å². The summed E-state index contributed by atoms with van der Waals surface area (Å²) in [5, 5.41) is 17.6. The topological polar surface area (TPSA) is 90.7 Å². The van der Waals surface area contributed by atoms with Crippen LogP contribution in [0.25, 0.3) is 0 Å². The highest BCUT2D eigenvalue weighted by molar-refractivity contribution is 7.98. The van der Waals surface area contributed by atoms with Gasteiger partial charge in [0.1, 0.15) is 0 Å². The average Bonchev–Trinajstić information content (AvgIpc) is 2.38. The first kappa shape index (κ1) is 12.6. The minimum atomic E-state index is -0.504. The maximum atomic E-state index is 11.6. The van der Waals surface area contributed by atoms with Gasteiger partial charge < -0.3 is 5.11 Å². The summed E-state index contributed by atoms with van der Waals surface area (Å²) in [4.78, 5) is 17.9. The van der Waals surface area contributed by atoms with E-state index in [-0.39, 0.29) is 5.69 Å². The molecule has 2 rings (SSSR count). The molecule has 0 saturated heterocycles. The Hall–Kier alpha value is -1.89. The lowest BCUT2D eigenvalue weighted by molar-refractivity contribution is 0.445. The van der Waals surface area contributed by atoms with E-state index in [1.165, 1.54) is 11.8 Å². The second-order valence-electron chi connectivity index (χ2n) is 3.56. The van der Waals surface area contributed by atoms with Crippen LogP contribution < -0.4 is 5.56 Å². The molecule has 0 saturated carbocycles. The first-order chi connectivity index (χ1) is 8.70. The minimum absolute atomic E-state index is 0.173. The fraction of sp³-hybridized carbons (Fsp3) is 0.273. The fourth-order valence-corrected chi connectivity index (χ4v) is 1.78. The Morgan fingerprint density at radius 3 is 2.89 bits per heavy atom. The van der Waals surface area contributed by atoms with Gasteiger partial charge in [0.05, 0.1) is 5.70 Å². The van der Waals surface area contributed by atoms with Gasteiger partial charge in [-0.25, -0.2) is 0 Å². The third-order valence-electron chi connectivity index (χ3n) is 2.29. The summed E-state index contributed by atoms with van der Waals surface area (Å²) in [7, 11) is 0. The number of hydrogen-bond donors (Lipinski definition) is 2. The largest absolute Gasteiger partial charge is 0.491 e. The van der Waals surface area contributed by atoms with Gasteiger partial charge in [-0.1, -0.05) is 23.9 Å². The molecule has 1 aromatic rings. The number of hydrogen-bond acceptors (Lipinski definition) is 6. The Balaban J connectivity index is 2.29. The van der Waals surface area contributed by atoms with Crippen LogP contribution in [0.5, 0.6) is 5.88 Å². The highest BCUT2D eigenvalue weighted by Gasteiger charge is 2.09. The van der Waals surface area contributed by atoms with Crippen molar-refractivity contribution in [2.24, 2.45) is 10.2 Å². The molecule has 1 aliphatic rings. The van der Waals surface area contributed by atoms with Crippen LogP contribution in [-0.4, -0.2) is 21.3 Å². The second kappa shape index (κ2) is 5.63. The van der Waals surface area contributed by atoms with Crippen molar-refractivity contribution in [1.29, 1.82) is 0 Å². The van der Waals surface area contributed by atoms with Gasteiger partial charge in [-0.05, 0) is 25.2 Å². The Bertz CT molecular complexity index is 589. The SMILES string of the molecule is CSc1nc(O)c(N=NC2=CCCC=C2)c(=O)[nH]1. The zero-order valence-corrected chi connectivity index (χ0v) is 10.6. The lowest BCUT2D eigenvalue weighted by Gasteiger charge is -2.01. The zero-order valence-electron chi connectivity index (χ0n) is 9.75. The Morgan fingerprint density at radius 2 is 2.28 bits per heavy atom. The lowest BCUT2D eigenvalue weighted by Crippen LogP contribution is -2.07. The van der Waals surface area contributed by atoms with Crippen molar-refractivity contribution in [2.75, 3.05) is 6.26 Å². The van der Waals surface area contributed by atoms with E-state index < -0.39 is 11.4 Å². The van der Waals surface area contributed by atoms with E-state index in [2.05, 4.69) is 20.2 Å². The van der Waals surface area contributed by atoms with Crippen LogP contribution in [-0.2, 0) is 0 Å². The van der Waals surface area contributed by atoms with E-state index in [0.29, 0.717) is 10.9 Å². The van der Waals surface area contributed by atoms with Gasteiger partial charge in [0, 0.05) is 0 Å². The maximum Gasteiger partial charge on any atom is 0.283 e. The van der Waals surface area contributed by atoms with E-state index in [1.54, 1.807) is 6.26 Å². The van der Waals surface area contributed by atoms with Gasteiger partial charge in [-0.2, -0.15) is 10.1 Å². The number of aromatic nitrogens is 2. The molecule has 0 amide bonds. The summed E-state index contributed by atoms with van der Waals surface area (Å²) in [5.41, 5.74) is -0.00217. The molecule has 2 N–H and O–H groups in total. The molecule has 0 spiro atoms. The van der Waals surface area contributed by atoms with Crippen LogP contribution in [0.15, 0.2) is 44.1 Å². The standard InChI is InChI=1S/C11H12N4O2S/c1-18-11-12-9(16)8(10(17)13-11)15-14-7-5-3-2-4-6-7/h3,5-6H,2,4H2,1H3,(H2,12,13,16,17). The summed E-state index contributed by atoms with van der Waals surface area (Å²) in [6.45, 7) is 0. The highest BCUT2D eigenvalue weighted by atomic mass is 32.2. The molecular weight excluding hydrogens is 252 g/mol. The molecule has 6 nitrogen and oxygen atoms in total. The van der Waals surface area contributed by atoms with Crippen molar-refractivity contribution in [3.63, 3.8) is 0 Å². The maximum absolute atomic E-state index is 11.6. The van der Waals surface area contributed by atoms with Gasteiger partial charge in [0.2, 0.25) is 11.6 Å². The third-order valence-corrected chi connectivity index (χ3v) is 2.87. The minimum Gasteiger partial charge on any atom is -0.491 e. The van der Waals surface area contributed by atoms with Crippen LogP contribution in [0, 0.1) is 0 Å². The molecule has 0 atom stereocenters.